The summed E-state index contributed by atoms with van der Waals surface area (Å²) in [6.45, 7) is 1.48. The first-order chi connectivity index (χ1) is 13.4. The molecule has 7 nitrogen and oxygen atoms in total. The Bertz CT molecular complexity index is 775. The minimum Gasteiger partial charge on any atom is -0.486 e. The molecule has 1 aromatic carbocycles. The van der Waals surface area contributed by atoms with E-state index in [4.69, 9.17) is 14.2 Å². The molecule has 1 aromatic rings. The van der Waals surface area contributed by atoms with E-state index in [-0.39, 0.29) is 36.2 Å². The van der Waals surface area contributed by atoms with Crippen LogP contribution >= 0.6 is 0 Å². The number of nitrogens with zero attached hydrogens (tertiary/aromatic N) is 1. The fourth-order valence-corrected chi connectivity index (χ4v) is 5.96. The molecule has 1 N–H and O–H groups in total. The van der Waals surface area contributed by atoms with Gasteiger partial charge in [0, 0.05) is 33.3 Å². The number of rotatable bonds is 7. The number of ether oxygens (including phenoxy) is 3. The Kier molecular flexibility index (Phi) is 5.94. The molecule has 3 fully saturated rings. The van der Waals surface area contributed by atoms with E-state index < -0.39 is 10.0 Å². The fraction of sp³-hybridized carbons (Fsp3) is 0.700. The van der Waals surface area contributed by atoms with E-state index in [9.17, 15) is 8.42 Å². The second kappa shape index (κ2) is 8.28. The smallest absolute Gasteiger partial charge is 0.218 e. The molecule has 4 rings (SSSR count). The quantitative estimate of drug-likeness (QED) is 0.735. The first-order valence-electron chi connectivity index (χ1n) is 10.0. The summed E-state index contributed by atoms with van der Waals surface area (Å²) in [4.78, 5) is 0. The van der Waals surface area contributed by atoms with Gasteiger partial charge in [-0.05, 0) is 43.4 Å². The summed E-state index contributed by atoms with van der Waals surface area (Å²) in [5, 5.41) is 3.25. The molecule has 0 radical (unpaired) electrons. The Morgan fingerprint density at radius 3 is 2.61 bits per heavy atom. The van der Waals surface area contributed by atoms with Gasteiger partial charge in [0.2, 0.25) is 10.0 Å². The monoisotopic (exact) mass is 410 g/mol. The van der Waals surface area contributed by atoms with Gasteiger partial charge < -0.3 is 19.5 Å². The number of benzene rings is 1. The Morgan fingerprint density at radius 1 is 1.18 bits per heavy atom. The lowest BCUT2D eigenvalue weighted by atomic mass is 10.0. The van der Waals surface area contributed by atoms with Crippen molar-refractivity contribution in [1.29, 1.82) is 0 Å². The summed E-state index contributed by atoms with van der Waals surface area (Å²) in [5.74, 6) is 0.652. The molecule has 5 atom stereocenters. The third kappa shape index (κ3) is 4.36. The first-order valence-corrected chi connectivity index (χ1v) is 11.7. The van der Waals surface area contributed by atoms with Crippen LogP contribution in [0.5, 0.6) is 5.75 Å². The molecular formula is C20H30N2O5S. The average molecular weight is 411 g/mol. The molecule has 3 aliphatic heterocycles. The average Bonchev–Trinajstić information content (AvgIpc) is 3.26. The van der Waals surface area contributed by atoms with Crippen LogP contribution in [0.15, 0.2) is 24.3 Å². The highest BCUT2D eigenvalue weighted by Crippen LogP contribution is 2.35. The van der Waals surface area contributed by atoms with E-state index in [1.807, 2.05) is 24.3 Å². The van der Waals surface area contributed by atoms with Crippen LogP contribution in [0.25, 0.3) is 0 Å². The van der Waals surface area contributed by atoms with Crippen molar-refractivity contribution >= 4 is 10.0 Å². The van der Waals surface area contributed by atoms with E-state index in [0.717, 1.165) is 44.3 Å². The van der Waals surface area contributed by atoms with Crippen LogP contribution in [0, 0.1) is 0 Å². The number of hydrogen-bond donors (Lipinski definition) is 1. The van der Waals surface area contributed by atoms with E-state index >= 15 is 0 Å². The van der Waals surface area contributed by atoms with Crippen molar-refractivity contribution < 1.29 is 22.6 Å². The predicted octanol–water partition coefficient (Wildman–Crippen LogP) is 1.52. The van der Waals surface area contributed by atoms with Crippen LogP contribution in [-0.2, 0) is 25.2 Å². The highest BCUT2D eigenvalue weighted by atomic mass is 32.2. The molecule has 28 heavy (non-hydrogen) atoms. The van der Waals surface area contributed by atoms with E-state index in [1.54, 1.807) is 18.5 Å². The minimum absolute atomic E-state index is 0.00223. The van der Waals surface area contributed by atoms with Gasteiger partial charge in [-0.25, -0.2) is 12.7 Å². The molecular weight excluding hydrogens is 380 g/mol. The largest absolute Gasteiger partial charge is 0.486 e. The molecule has 0 aliphatic carbocycles. The number of hydrogen-bond acceptors (Lipinski definition) is 6. The van der Waals surface area contributed by atoms with Crippen LogP contribution in [-0.4, -0.2) is 70.4 Å². The normalized spacial score (nSPS) is 32.8. The highest BCUT2D eigenvalue weighted by molar-refractivity contribution is 7.88. The lowest BCUT2D eigenvalue weighted by Gasteiger charge is -2.34. The number of methoxy groups -OCH3 is 1. The Morgan fingerprint density at radius 2 is 1.89 bits per heavy atom. The minimum atomic E-state index is -3.41. The van der Waals surface area contributed by atoms with E-state index in [1.165, 1.54) is 0 Å². The maximum Gasteiger partial charge on any atom is 0.218 e. The highest BCUT2D eigenvalue weighted by Gasteiger charge is 2.39. The van der Waals surface area contributed by atoms with Crippen molar-refractivity contribution in [2.75, 3.05) is 27.2 Å². The summed E-state index contributed by atoms with van der Waals surface area (Å²) in [5.41, 5.74) is 0.735. The van der Waals surface area contributed by atoms with Crippen LogP contribution in [0.3, 0.4) is 0 Å². The summed E-state index contributed by atoms with van der Waals surface area (Å²) in [6.07, 6.45) is 4.04. The topological polar surface area (TPSA) is 77.1 Å². The van der Waals surface area contributed by atoms with Gasteiger partial charge in [0.15, 0.2) is 0 Å². The maximum absolute atomic E-state index is 13.0. The summed E-state index contributed by atoms with van der Waals surface area (Å²) in [7, 11) is -0.0235. The maximum atomic E-state index is 13.0. The number of sulfonamides is 1. The molecule has 3 saturated heterocycles. The number of nitrogens with one attached hydrogen (secondary N) is 1. The van der Waals surface area contributed by atoms with Gasteiger partial charge in [-0.3, -0.25) is 0 Å². The zero-order chi connectivity index (χ0) is 19.7. The third-order valence-corrected chi connectivity index (χ3v) is 8.04. The standard InChI is InChI=1S/C20H30N2O5S/c1-22(15-9-17-6-7-18(10-15)26-17)28(23,24)13-14-4-3-5-16(8-14)27-20-12-21-11-19(20)25-2/h3-5,8,15,17-21H,6-7,9-13H2,1-2H3/t15?,17-,18+,19-,20-/m1/s1. The molecule has 3 heterocycles. The zero-order valence-electron chi connectivity index (χ0n) is 16.5. The van der Waals surface area contributed by atoms with Crippen LogP contribution in [0.4, 0.5) is 0 Å². The van der Waals surface area contributed by atoms with Gasteiger partial charge in [0.25, 0.3) is 0 Å². The van der Waals surface area contributed by atoms with Crippen molar-refractivity contribution in [2.24, 2.45) is 0 Å². The molecule has 0 saturated carbocycles. The molecule has 3 aliphatic rings. The molecule has 0 amide bonds. The Balaban J connectivity index is 1.41. The molecule has 156 valence electrons. The summed E-state index contributed by atoms with van der Waals surface area (Å²) < 4.78 is 44.9. The summed E-state index contributed by atoms with van der Waals surface area (Å²) >= 11 is 0. The van der Waals surface area contributed by atoms with Gasteiger partial charge in [-0.2, -0.15) is 0 Å². The van der Waals surface area contributed by atoms with Crippen LogP contribution in [0.1, 0.15) is 31.2 Å². The van der Waals surface area contributed by atoms with Crippen molar-refractivity contribution in [3.8, 4) is 5.75 Å². The summed E-state index contributed by atoms with van der Waals surface area (Å²) in [6, 6.07) is 7.40. The second-order valence-electron chi connectivity index (χ2n) is 8.09. The van der Waals surface area contributed by atoms with Crippen LogP contribution < -0.4 is 10.1 Å². The van der Waals surface area contributed by atoms with E-state index in [2.05, 4.69) is 5.32 Å². The zero-order valence-corrected chi connectivity index (χ0v) is 17.4. The third-order valence-electron chi connectivity index (χ3n) is 6.16. The van der Waals surface area contributed by atoms with Gasteiger partial charge in [-0.15, -0.1) is 0 Å². The molecule has 0 aromatic heterocycles. The fourth-order valence-electron chi connectivity index (χ4n) is 4.53. The van der Waals surface area contributed by atoms with Crippen LogP contribution in [0.2, 0.25) is 0 Å². The van der Waals surface area contributed by atoms with Gasteiger partial charge in [0.1, 0.15) is 18.0 Å². The van der Waals surface area contributed by atoms with Crippen molar-refractivity contribution in [3.05, 3.63) is 29.8 Å². The van der Waals surface area contributed by atoms with Gasteiger partial charge >= 0.3 is 0 Å². The van der Waals surface area contributed by atoms with Crippen molar-refractivity contribution in [2.45, 2.75) is 61.9 Å². The Labute approximate surface area is 167 Å². The molecule has 8 heteroatoms. The lowest BCUT2D eigenvalue weighted by Crippen LogP contribution is -2.43. The Hall–Kier alpha value is -1.19. The first kappa shape index (κ1) is 20.1. The molecule has 1 unspecified atom stereocenters. The predicted molar refractivity (Wildman–Crippen MR) is 106 cm³/mol. The second-order valence-corrected chi connectivity index (χ2v) is 10.1. The van der Waals surface area contributed by atoms with Gasteiger partial charge in [0.05, 0.1) is 18.0 Å². The molecule has 0 spiro atoms. The SMILES string of the molecule is CO[C@@H]1CNC[C@H]1Oc1cccc(CS(=O)(=O)N(C)C2C[C@H]3CC[C@@H](C2)O3)c1. The molecule has 2 bridgehead atoms. The number of fused-ring (bicyclic) bond motifs is 2. The lowest BCUT2D eigenvalue weighted by molar-refractivity contribution is -0.0189. The van der Waals surface area contributed by atoms with Gasteiger partial charge in [-0.1, -0.05) is 12.1 Å². The van der Waals surface area contributed by atoms with Crippen molar-refractivity contribution in [1.82, 2.24) is 9.62 Å². The van der Waals surface area contributed by atoms with Crippen molar-refractivity contribution in [3.63, 3.8) is 0 Å². The van der Waals surface area contributed by atoms with E-state index in [0.29, 0.717) is 5.75 Å².